The number of methoxy groups -OCH3 is 1. The first-order chi connectivity index (χ1) is 21.9. The summed E-state index contributed by atoms with van der Waals surface area (Å²) in [6.07, 6.45) is 2.39. The molecule has 6 atom stereocenters. The summed E-state index contributed by atoms with van der Waals surface area (Å²) < 4.78 is 20.9. The minimum absolute atomic E-state index is 0.126. The number of amides is 4. The number of hydrogen-bond acceptors (Lipinski definition) is 6. The molecule has 7 rings (SSSR count). The van der Waals surface area contributed by atoms with E-state index >= 15 is 0 Å². The van der Waals surface area contributed by atoms with Gasteiger partial charge in [-0.3, -0.25) is 24.1 Å². The number of ether oxygens (including phenoxy) is 1. The molecule has 2 heterocycles. The number of carbonyl (C=O) groups is 4. The Kier molecular flexibility index (Phi) is 7.60. The zero-order valence-electron chi connectivity index (χ0n) is 24.5. The first-order valence-corrected chi connectivity index (χ1v) is 16.9. The molecule has 0 aromatic heterocycles. The van der Waals surface area contributed by atoms with E-state index in [-0.39, 0.29) is 46.9 Å². The lowest BCUT2D eigenvalue weighted by atomic mass is 9.51. The fourth-order valence-electron chi connectivity index (χ4n) is 8.03. The summed E-state index contributed by atoms with van der Waals surface area (Å²) in [5, 5.41) is 10.4. The quantitative estimate of drug-likeness (QED) is 0.173. The van der Waals surface area contributed by atoms with Crippen LogP contribution in [0.4, 0.5) is 15.8 Å². The van der Waals surface area contributed by atoms with Crippen molar-refractivity contribution in [1.29, 1.82) is 0 Å². The number of rotatable bonds is 4. The summed E-state index contributed by atoms with van der Waals surface area (Å²) in [7, 11) is 1.41. The van der Waals surface area contributed by atoms with Crippen LogP contribution >= 0.6 is 50.1 Å². The molecular weight excluding hydrogens is 794 g/mol. The second kappa shape index (κ2) is 11.2. The van der Waals surface area contributed by atoms with E-state index in [1.807, 2.05) is 18.2 Å². The van der Waals surface area contributed by atoms with E-state index < -0.39 is 52.6 Å². The molecule has 8 nitrogen and oxygen atoms in total. The van der Waals surface area contributed by atoms with Crippen LogP contribution < -0.4 is 14.5 Å². The SMILES string of the molecule is COc1cc(C2C3=CCC4C(=O)N(c5ccc(I)cc5)C(=O)C4C3CC3C(=O)N(c4ccc(F)c(Cl)c4)C(=O)C32C)cc(Br)c1O. The van der Waals surface area contributed by atoms with Crippen molar-refractivity contribution in [3.8, 4) is 11.5 Å². The van der Waals surface area contributed by atoms with Crippen molar-refractivity contribution >= 4 is 85.1 Å². The third kappa shape index (κ3) is 4.41. The van der Waals surface area contributed by atoms with Crippen LogP contribution in [-0.4, -0.2) is 35.8 Å². The minimum atomic E-state index is -1.34. The molecule has 6 unspecified atom stereocenters. The highest BCUT2D eigenvalue weighted by Crippen LogP contribution is 2.64. The van der Waals surface area contributed by atoms with E-state index in [1.165, 1.54) is 24.1 Å². The maximum Gasteiger partial charge on any atom is 0.241 e. The number of halogens is 4. The summed E-state index contributed by atoms with van der Waals surface area (Å²) in [6.45, 7) is 1.74. The number of imide groups is 2. The van der Waals surface area contributed by atoms with Crippen LogP contribution in [0.1, 0.15) is 31.2 Å². The highest BCUT2D eigenvalue weighted by atomic mass is 127. The topological polar surface area (TPSA) is 104 Å². The first kappa shape index (κ1) is 31.3. The normalized spacial score (nSPS) is 28.7. The second-order valence-electron chi connectivity index (χ2n) is 12.3. The molecule has 0 bridgehead atoms. The number of nitrogens with zero attached hydrogens (tertiary/aromatic N) is 2. The van der Waals surface area contributed by atoms with Crippen LogP contribution in [0.2, 0.25) is 5.02 Å². The largest absolute Gasteiger partial charge is 0.503 e. The van der Waals surface area contributed by atoms with Gasteiger partial charge in [-0.25, -0.2) is 9.29 Å². The van der Waals surface area contributed by atoms with Crippen molar-refractivity contribution in [3.05, 3.63) is 90.7 Å². The van der Waals surface area contributed by atoms with Gasteiger partial charge < -0.3 is 9.84 Å². The molecule has 1 saturated carbocycles. The molecular formula is C34H26BrClFIN2O6. The Hall–Kier alpha value is -3.29. The van der Waals surface area contributed by atoms with Crippen LogP contribution in [0.25, 0.3) is 0 Å². The van der Waals surface area contributed by atoms with Crippen LogP contribution in [0.3, 0.4) is 0 Å². The van der Waals surface area contributed by atoms with Crippen molar-refractivity contribution < 1.29 is 33.4 Å². The number of fused-ring (bicyclic) bond motifs is 4. The monoisotopic (exact) mass is 818 g/mol. The van der Waals surface area contributed by atoms with Gasteiger partial charge >= 0.3 is 0 Å². The third-order valence-electron chi connectivity index (χ3n) is 10.1. The van der Waals surface area contributed by atoms with Crippen molar-refractivity contribution in [2.24, 2.45) is 29.1 Å². The lowest BCUT2D eigenvalue weighted by molar-refractivity contribution is -0.131. The van der Waals surface area contributed by atoms with Crippen molar-refractivity contribution in [1.82, 2.24) is 0 Å². The van der Waals surface area contributed by atoms with E-state index in [2.05, 4.69) is 38.5 Å². The minimum Gasteiger partial charge on any atom is -0.503 e. The number of allylic oxidation sites excluding steroid dienone is 2. The number of phenols is 1. The van der Waals surface area contributed by atoms with Crippen molar-refractivity contribution in [2.45, 2.75) is 25.7 Å². The lowest BCUT2D eigenvalue weighted by Gasteiger charge is -2.49. The molecule has 3 fully saturated rings. The molecule has 2 aliphatic heterocycles. The zero-order chi connectivity index (χ0) is 32.8. The molecule has 2 aliphatic carbocycles. The van der Waals surface area contributed by atoms with Crippen LogP contribution in [0.15, 0.2) is 70.7 Å². The number of benzene rings is 3. The number of aromatic hydroxyl groups is 1. The molecule has 4 aliphatic rings. The van der Waals surface area contributed by atoms with E-state index in [1.54, 1.807) is 31.2 Å². The Balaban J connectivity index is 1.39. The number of carbonyl (C=O) groups excluding carboxylic acids is 4. The van der Waals surface area contributed by atoms with E-state index in [0.717, 1.165) is 20.1 Å². The second-order valence-corrected chi connectivity index (χ2v) is 14.8. The molecule has 0 spiro atoms. The molecule has 0 radical (unpaired) electrons. The summed E-state index contributed by atoms with van der Waals surface area (Å²) in [4.78, 5) is 59.2. The van der Waals surface area contributed by atoms with Crippen molar-refractivity contribution in [2.75, 3.05) is 16.9 Å². The van der Waals surface area contributed by atoms with E-state index in [0.29, 0.717) is 15.7 Å². The maximum atomic E-state index is 14.6. The van der Waals surface area contributed by atoms with Gasteiger partial charge in [0.15, 0.2) is 11.5 Å². The first-order valence-electron chi connectivity index (χ1n) is 14.6. The number of anilines is 2. The van der Waals surface area contributed by atoms with E-state index in [9.17, 15) is 28.7 Å². The van der Waals surface area contributed by atoms with Gasteiger partial charge in [0, 0.05) is 9.49 Å². The third-order valence-corrected chi connectivity index (χ3v) is 11.7. The summed E-state index contributed by atoms with van der Waals surface area (Å²) in [6, 6.07) is 14.2. The Morgan fingerprint density at radius 2 is 1.67 bits per heavy atom. The van der Waals surface area contributed by atoms with Crippen molar-refractivity contribution in [3.63, 3.8) is 0 Å². The maximum absolute atomic E-state index is 14.6. The molecule has 1 N–H and O–H groups in total. The van der Waals surface area contributed by atoms with Gasteiger partial charge in [-0.15, -0.1) is 0 Å². The summed E-state index contributed by atoms with van der Waals surface area (Å²) in [5.74, 6) is -5.75. The van der Waals surface area contributed by atoms with Gasteiger partial charge in [-0.1, -0.05) is 23.3 Å². The highest BCUT2D eigenvalue weighted by molar-refractivity contribution is 14.1. The Morgan fingerprint density at radius 1 is 0.978 bits per heavy atom. The molecule has 236 valence electrons. The van der Waals surface area contributed by atoms with Gasteiger partial charge in [-0.2, -0.15) is 0 Å². The van der Waals surface area contributed by atoms with Crippen LogP contribution in [0.5, 0.6) is 11.5 Å². The molecule has 4 amide bonds. The molecule has 3 aromatic carbocycles. The van der Waals surface area contributed by atoms with Gasteiger partial charge in [0.1, 0.15) is 5.82 Å². The number of hydrogen-bond donors (Lipinski definition) is 1. The predicted molar refractivity (Wildman–Crippen MR) is 180 cm³/mol. The fourth-order valence-corrected chi connectivity index (χ4v) is 9.02. The summed E-state index contributed by atoms with van der Waals surface area (Å²) >= 11 is 11.6. The van der Waals surface area contributed by atoms with Gasteiger partial charge in [0.05, 0.1) is 51.1 Å². The molecule has 3 aromatic rings. The molecule has 12 heteroatoms. The standard InChI is InChI=1S/C34H26BrClFIN2O6/c1-34-22(31(43)40(33(34)45)18-7-10-25(37)24(36)13-18)14-21-19(28(34)15-11-23(35)29(41)26(12-15)46-2)8-9-20-27(21)32(44)39(30(20)42)17-5-3-16(38)4-6-17/h3-8,10-13,20-22,27-28,41H,9,14H2,1-2H3. The van der Waals surface area contributed by atoms with Crippen LogP contribution in [-0.2, 0) is 19.2 Å². The van der Waals surface area contributed by atoms with Gasteiger partial charge in [-0.05, 0) is 124 Å². The predicted octanol–water partition coefficient (Wildman–Crippen LogP) is 7.00. The average molecular weight is 820 g/mol. The number of phenolic OH excluding ortho intramolecular Hbond substituents is 1. The highest BCUT2D eigenvalue weighted by Gasteiger charge is 2.67. The van der Waals surface area contributed by atoms with E-state index in [4.69, 9.17) is 16.3 Å². The molecule has 2 saturated heterocycles. The zero-order valence-corrected chi connectivity index (χ0v) is 29.0. The van der Waals surface area contributed by atoms with Gasteiger partial charge in [0.25, 0.3) is 0 Å². The smallest absolute Gasteiger partial charge is 0.241 e. The fraction of sp³-hybridized carbons (Fsp3) is 0.294. The Labute approximate surface area is 290 Å². The van der Waals surface area contributed by atoms with Gasteiger partial charge in [0.2, 0.25) is 23.6 Å². The Morgan fingerprint density at radius 3 is 2.35 bits per heavy atom. The summed E-state index contributed by atoms with van der Waals surface area (Å²) in [5.41, 5.74) is 0.672. The average Bonchev–Trinajstić information content (AvgIpc) is 3.40. The molecule has 46 heavy (non-hydrogen) atoms. The lowest BCUT2D eigenvalue weighted by Crippen LogP contribution is -2.48. The Bertz CT molecular complexity index is 1900. The van der Waals surface area contributed by atoms with Crippen LogP contribution in [0, 0.1) is 38.5 Å².